The topological polar surface area (TPSA) is 81.8 Å². The van der Waals surface area contributed by atoms with Crippen LogP contribution >= 0.6 is 0 Å². The number of imide groups is 1. The zero-order valence-corrected chi connectivity index (χ0v) is 15.2. The van der Waals surface area contributed by atoms with Crippen LogP contribution in [-0.2, 0) is 16.1 Å². The lowest BCUT2D eigenvalue weighted by Gasteiger charge is -2.29. The third-order valence-corrected chi connectivity index (χ3v) is 5.72. The highest BCUT2D eigenvalue weighted by Gasteiger charge is 2.39. The van der Waals surface area contributed by atoms with Gasteiger partial charge in [-0.3, -0.25) is 19.7 Å². The molecule has 1 atom stereocenters. The molecule has 3 aliphatic heterocycles. The van der Waals surface area contributed by atoms with Crippen LogP contribution in [0.15, 0.2) is 18.2 Å². The van der Waals surface area contributed by atoms with Gasteiger partial charge in [0, 0.05) is 41.8 Å². The quantitative estimate of drug-likeness (QED) is 0.766. The number of hydrogen-bond acceptors (Lipinski definition) is 5. The number of nitrogens with one attached hydrogen (secondary N) is 2. The van der Waals surface area contributed by atoms with Crippen LogP contribution in [0.5, 0.6) is 0 Å². The minimum Gasteiger partial charge on any atom is -0.374 e. The Balaban J connectivity index is 1.56. The molecule has 1 aromatic carbocycles. The number of piperidine rings is 2. The summed E-state index contributed by atoms with van der Waals surface area (Å²) in [4.78, 5) is 39.4. The summed E-state index contributed by atoms with van der Waals surface area (Å²) in [6.45, 7) is 0.154. The number of rotatable bonds is 4. The van der Waals surface area contributed by atoms with Crippen molar-refractivity contribution >= 4 is 23.4 Å². The van der Waals surface area contributed by atoms with Gasteiger partial charge in [0.25, 0.3) is 5.91 Å². The molecule has 3 aliphatic rings. The fourth-order valence-corrected chi connectivity index (χ4v) is 4.16. The maximum Gasteiger partial charge on any atom is 0.255 e. The number of carbonyl (C=O) groups is 3. The molecule has 144 valence electrons. The van der Waals surface area contributed by atoms with Gasteiger partial charge in [0.05, 0.1) is 0 Å². The molecule has 2 N–H and O–H groups in total. The first-order valence-electron chi connectivity index (χ1n) is 11.0. The van der Waals surface area contributed by atoms with Crippen molar-refractivity contribution in [2.24, 2.45) is 5.92 Å². The molecule has 4 rings (SSSR count). The van der Waals surface area contributed by atoms with E-state index in [9.17, 15) is 14.4 Å². The molecule has 3 heterocycles. The molecule has 0 spiro atoms. The van der Waals surface area contributed by atoms with Gasteiger partial charge in [0.2, 0.25) is 11.8 Å². The Morgan fingerprint density at radius 2 is 2.04 bits per heavy atom. The molecule has 0 radical (unpaired) electrons. The molecule has 0 bridgehead atoms. The summed E-state index contributed by atoms with van der Waals surface area (Å²) in [6, 6.07) is 4.41. The van der Waals surface area contributed by atoms with Gasteiger partial charge in [0.15, 0.2) is 0 Å². The summed E-state index contributed by atoms with van der Waals surface area (Å²) in [5, 5.41) is 5.58. The van der Waals surface area contributed by atoms with E-state index in [4.69, 9.17) is 4.11 Å². The Hall–Kier alpha value is -2.41. The molecule has 2 fully saturated rings. The average Bonchev–Trinajstić information content (AvgIpc) is 3.02. The molecule has 0 aromatic heterocycles. The third kappa shape index (κ3) is 3.56. The van der Waals surface area contributed by atoms with Crippen molar-refractivity contribution in [1.82, 2.24) is 15.5 Å². The third-order valence-electron chi connectivity index (χ3n) is 5.72. The molecule has 0 saturated carbocycles. The predicted octanol–water partition coefficient (Wildman–Crippen LogP) is 0.883. The van der Waals surface area contributed by atoms with Crippen LogP contribution in [0.3, 0.4) is 0 Å². The summed E-state index contributed by atoms with van der Waals surface area (Å²) in [6.07, 6.45) is 2.36. The largest absolute Gasteiger partial charge is 0.374 e. The standard InChI is InChI=1S/C20H26N4O3/c1-23(11-13-6-8-21-9-7-13)15-2-3-16-14(10-15)12-24(20(16)27)17-4-5-18(25)22-19(17)26/h2-3,10,13,17,21H,4-9,11-12H2,1H3,(H,22,25,26)/i1D3. The second-order valence-electron chi connectivity index (χ2n) is 7.55. The van der Waals surface area contributed by atoms with Gasteiger partial charge in [0.1, 0.15) is 6.04 Å². The Bertz CT molecular complexity index is 867. The summed E-state index contributed by atoms with van der Waals surface area (Å²) in [7, 11) is 0. The van der Waals surface area contributed by atoms with E-state index in [2.05, 4.69) is 10.6 Å². The van der Waals surface area contributed by atoms with E-state index in [1.54, 1.807) is 18.2 Å². The van der Waals surface area contributed by atoms with Crippen LogP contribution in [0.4, 0.5) is 5.69 Å². The van der Waals surface area contributed by atoms with Crippen LogP contribution in [0.2, 0.25) is 0 Å². The van der Waals surface area contributed by atoms with Crippen molar-refractivity contribution in [3.8, 4) is 0 Å². The molecule has 27 heavy (non-hydrogen) atoms. The number of amides is 3. The Kier molecular flexibility index (Phi) is 3.96. The minimum atomic E-state index is -2.29. The van der Waals surface area contributed by atoms with E-state index in [1.807, 2.05) is 0 Å². The fourth-order valence-electron chi connectivity index (χ4n) is 4.16. The molecule has 1 unspecified atom stereocenters. The number of anilines is 1. The molecule has 2 saturated heterocycles. The van der Waals surface area contributed by atoms with Crippen molar-refractivity contribution in [1.29, 1.82) is 0 Å². The van der Waals surface area contributed by atoms with Crippen molar-refractivity contribution in [2.45, 2.75) is 38.3 Å². The van der Waals surface area contributed by atoms with E-state index >= 15 is 0 Å². The molecule has 0 aliphatic carbocycles. The molecule has 3 amide bonds. The van der Waals surface area contributed by atoms with Crippen molar-refractivity contribution in [3.63, 3.8) is 0 Å². The summed E-state index contributed by atoms with van der Waals surface area (Å²) in [5.74, 6) is -0.747. The van der Waals surface area contributed by atoms with Gasteiger partial charge in [-0.25, -0.2) is 0 Å². The van der Waals surface area contributed by atoms with Gasteiger partial charge in [-0.2, -0.15) is 0 Å². The summed E-state index contributed by atoms with van der Waals surface area (Å²) < 4.78 is 24.0. The van der Waals surface area contributed by atoms with Crippen LogP contribution in [0, 0.1) is 5.92 Å². The SMILES string of the molecule is [2H]C([2H])([2H])N(CC1CCNCC1)c1ccc2c(c1)CN(C1CCC(=O)NC1=O)C2=O. The zero-order valence-electron chi connectivity index (χ0n) is 18.2. The van der Waals surface area contributed by atoms with Crippen LogP contribution in [0.1, 0.15) is 45.7 Å². The highest BCUT2D eigenvalue weighted by molar-refractivity contribution is 6.05. The maximum atomic E-state index is 12.8. The van der Waals surface area contributed by atoms with E-state index in [0.29, 0.717) is 35.7 Å². The monoisotopic (exact) mass is 373 g/mol. The molecule has 7 heteroatoms. The normalized spacial score (nSPS) is 25.5. The van der Waals surface area contributed by atoms with Crippen molar-refractivity contribution in [2.75, 3.05) is 31.5 Å². The van der Waals surface area contributed by atoms with Gasteiger partial charge in [-0.1, -0.05) is 0 Å². The number of fused-ring (bicyclic) bond motifs is 1. The predicted molar refractivity (Wildman–Crippen MR) is 101 cm³/mol. The van der Waals surface area contributed by atoms with E-state index in [0.717, 1.165) is 25.9 Å². The summed E-state index contributed by atoms with van der Waals surface area (Å²) >= 11 is 0. The molecule has 7 nitrogen and oxygen atoms in total. The highest BCUT2D eigenvalue weighted by atomic mass is 16.2. The van der Waals surface area contributed by atoms with Gasteiger partial charge < -0.3 is 15.1 Å². The number of carbonyl (C=O) groups excluding carboxylic acids is 3. The van der Waals surface area contributed by atoms with Crippen LogP contribution in [0.25, 0.3) is 0 Å². The van der Waals surface area contributed by atoms with Gasteiger partial charge >= 0.3 is 0 Å². The minimum absolute atomic E-state index is 0.199. The smallest absolute Gasteiger partial charge is 0.255 e. The lowest BCUT2D eigenvalue weighted by Crippen LogP contribution is -2.52. The van der Waals surface area contributed by atoms with Crippen molar-refractivity contribution < 1.29 is 18.5 Å². The van der Waals surface area contributed by atoms with E-state index in [-0.39, 0.29) is 24.8 Å². The average molecular weight is 373 g/mol. The number of nitrogens with zero attached hydrogens (tertiary/aromatic N) is 2. The maximum absolute atomic E-state index is 12.8. The van der Waals surface area contributed by atoms with Crippen LogP contribution in [-0.4, -0.2) is 55.3 Å². The molecule has 1 aromatic rings. The lowest BCUT2D eigenvalue weighted by molar-refractivity contribution is -0.136. The van der Waals surface area contributed by atoms with Crippen LogP contribution < -0.4 is 15.5 Å². The Morgan fingerprint density at radius 1 is 1.22 bits per heavy atom. The van der Waals surface area contributed by atoms with Gasteiger partial charge in [-0.15, -0.1) is 0 Å². The molecular weight excluding hydrogens is 344 g/mol. The second-order valence-corrected chi connectivity index (χ2v) is 7.55. The Morgan fingerprint density at radius 3 is 2.78 bits per heavy atom. The van der Waals surface area contributed by atoms with E-state index < -0.39 is 18.9 Å². The Labute approximate surface area is 163 Å². The molecular formula is C20H26N4O3. The summed E-state index contributed by atoms with van der Waals surface area (Å²) in [5.41, 5.74) is 1.75. The fraction of sp³-hybridized carbons (Fsp3) is 0.550. The van der Waals surface area contributed by atoms with Crippen molar-refractivity contribution in [3.05, 3.63) is 29.3 Å². The second kappa shape index (κ2) is 7.31. The highest BCUT2D eigenvalue weighted by Crippen LogP contribution is 2.30. The number of hydrogen-bond donors (Lipinski definition) is 2. The first-order chi connectivity index (χ1) is 14.2. The first-order valence-corrected chi connectivity index (χ1v) is 9.50. The van der Waals surface area contributed by atoms with Gasteiger partial charge in [-0.05, 0) is 62.0 Å². The van der Waals surface area contributed by atoms with E-state index in [1.165, 1.54) is 9.80 Å². The first kappa shape index (κ1) is 14.6. The number of benzene rings is 1. The zero-order chi connectivity index (χ0) is 21.5. The lowest BCUT2D eigenvalue weighted by atomic mass is 9.97.